The number of carbonyl (C=O) groups excluding carboxylic acids is 2. The SMILES string of the molecule is CCSc1nnc(NC(=O)CSc2nnc(CNC(=O)COc3ccc(Cl)cc3Cl)n2-c2cccc(Cl)c2)s1. The number of halogens is 3. The first-order chi connectivity index (χ1) is 18.8. The van der Waals surface area contributed by atoms with Gasteiger partial charge in [0, 0.05) is 10.0 Å². The zero-order valence-electron chi connectivity index (χ0n) is 20.2. The van der Waals surface area contributed by atoms with E-state index in [4.69, 9.17) is 39.5 Å². The fourth-order valence-electron chi connectivity index (χ4n) is 3.07. The van der Waals surface area contributed by atoms with E-state index in [1.807, 2.05) is 13.0 Å². The minimum Gasteiger partial charge on any atom is -0.482 e. The van der Waals surface area contributed by atoms with Gasteiger partial charge in [-0.2, -0.15) is 0 Å². The molecular formula is C23H20Cl3N7O3S3. The number of aromatic nitrogens is 5. The molecular weight excluding hydrogens is 625 g/mol. The van der Waals surface area contributed by atoms with Crippen molar-refractivity contribution in [3.8, 4) is 11.4 Å². The van der Waals surface area contributed by atoms with Crippen LogP contribution in [0.25, 0.3) is 5.69 Å². The molecule has 0 saturated carbocycles. The van der Waals surface area contributed by atoms with Crippen molar-refractivity contribution in [2.45, 2.75) is 23.0 Å². The van der Waals surface area contributed by atoms with Crippen LogP contribution >= 0.6 is 69.7 Å². The molecule has 0 aliphatic heterocycles. The smallest absolute Gasteiger partial charge is 0.258 e. The number of hydrogen-bond donors (Lipinski definition) is 2. The second-order valence-electron chi connectivity index (χ2n) is 7.50. The summed E-state index contributed by atoms with van der Waals surface area (Å²) in [6.45, 7) is 1.80. The van der Waals surface area contributed by atoms with Crippen LogP contribution < -0.4 is 15.4 Å². The van der Waals surface area contributed by atoms with Gasteiger partial charge in [0.15, 0.2) is 21.9 Å². The van der Waals surface area contributed by atoms with Crippen LogP contribution in [-0.4, -0.2) is 54.9 Å². The quantitative estimate of drug-likeness (QED) is 0.149. The number of nitrogens with one attached hydrogen (secondary N) is 2. The number of anilines is 1. The Bertz CT molecular complexity index is 1470. The van der Waals surface area contributed by atoms with E-state index in [9.17, 15) is 9.59 Å². The van der Waals surface area contributed by atoms with Gasteiger partial charge in [-0.15, -0.1) is 20.4 Å². The summed E-state index contributed by atoms with van der Waals surface area (Å²) in [7, 11) is 0. The summed E-state index contributed by atoms with van der Waals surface area (Å²) in [5.74, 6) is 1.03. The molecule has 0 aliphatic carbocycles. The summed E-state index contributed by atoms with van der Waals surface area (Å²) in [5, 5.41) is 24.1. The predicted molar refractivity (Wildman–Crippen MR) is 156 cm³/mol. The Labute approximate surface area is 251 Å². The van der Waals surface area contributed by atoms with Crippen LogP contribution in [0.2, 0.25) is 15.1 Å². The Morgan fingerprint density at radius 2 is 1.82 bits per heavy atom. The number of carbonyl (C=O) groups is 2. The highest BCUT2D eigenvalue weighted by atomic mass is 35.5. The molecule has 0 saturated heterocycles. The lowest BCUT2D eigenvalue weighted by atomic mass is 10.3. The summed E-state index contributed by atoms with van der Waals surface area (Å²) in [6, 6.07) is 11.8. The molecule has 0 spiro atoms. The van der Waals surface area contributed by atoms with E-state index in [0.717, 1.165) is 10.1 Å². The first-order valence-electron chi connectivity index (χ1n) is 11.3. The molecule has 4 aromatic rings. The van der Waals surface area contributed by atoms with Crippen molar-refractivity contribution in [1.82, 2.24) is 30.3 Å². The predicted octanol–water partition coefficient (Wildman–Crippen LogP) is 5.62. The molecule has 0 fully saturated rings. The van der Waals surface area contributed by atoms with Gasteiger partial charge in [0.2, 0.25) is 11.0 Å². The van der Waals surface area contributed by atoms with Gasteiger partial charge in [-0.05, 0) is 42.2 Å². The minimum atomic E-state index is -0.395. The molecule has 0 aliphatic rings. The maximum Gasteiger partial charge on any atom is 0.258 e. The second-order valence-corrected chi connectivity index (χ2v) is 12.2. The lowest BCUT2D eigenvalue weighted by Crippen LogP contribution is -2.29. The van der Waals surface area contributed by atoms with Crippen molar-refractivity contribution in [3.05, 3.63) is 63.4 Å². The number of amides is 2. The summed E-state index contributed by atoms with van der Waals surface area (Å²) in [6.07, 6.45) is 0. The van der Waals surface area contributed by atoms with Crippen LogP contribution in [0, 0.1) is 0 Å². The third-order valence-corrected chi connectivity index (χ3v) is 8.26. The van der Waals surface area contributed by atoms with Crippen LogP contribution in [-0.2, 0) is 16.1 Å². The lowest BCUT2D eigenvalue weighted by Gasteiger charge is -2.12. The topological polar surface area (TPSA) is 124 Å². The van der Waals surface area contributed by atoms with Gasteiger partial charge >= 0.3 is 0 Å². The summed E-state index contributed by atoms with van der Waals surface area (Å²) >= 11 is 22.2. The molecule has 2 N–H and O–H groups in total. The maximum atomic E-state index is 12.5. The molecule has 2 heterocycles. The molecule has 0 radical (unpaired) electrons. The van der Waals surface area contributed by atoms with Crippen molar-refractivity contribution < 1.29 is 14.3 Å². The Morgan fingerprint density at radius 3 is 2.59 bits per heavy atom. The molecule has 0 unspecified atom stereocenters. The average Bonchev–Trinajstić information content (AvgIpc) is 3.52. The van der Waals surface area contributed by atoms with E-state index in [1.165, 1.54) is 29.2 Å². The lowest BCUT2D eigenvalue weighted by molar-refractivity contribution is -0.123. The van der Waals surface area contributed by atoms with Crippen LogP contribution in [0.4, 0.5) is 5.13 Å². The molecule has 2 aromatic heterocycles. The number of rotatable bonds is 12. The Hall–Kier alpha value is -2.55. The van der Waals surface area contributed by atoms with Crippen LogP contribution in [0.5, 0.6) is 5.75 Å². The Balaban J connectivity index is 1.41. The summed E-state index contributed by atoms with van der Waals surface area (Å²) in [5.41, 5.74) is 0.675. The van der Waals surface area contributed by atoms with Crippen molar-refractivity contribution in [2.75, 3.05) is 23.4 Å². The molecule has 4 rings (SSSR count). The van der Waals surface area contributed by atoms with E-state index in [1.54, 1.807) is 46.7 Å². The average molecular weight is 645 g/mol. The van der Waals surface area contributed by atoms with E-state index >= 15 is 0 Å². The number of thioether (sulfide) groups is 2. The van der Waals surface area contributed by atoms with Gasteiger partial charge in [-0.25, -0.2) is 0 Å². The van der Waals surface area contributed by atoms with Gasteiger partial charge in [-0.3, -0.25) is 19.5 Å². The standard InChI is InChI=1S/C23H20Cl3N7O3S3/c1-2-37-23-32-30-21(39-23)28-20(35)12-38-22-31-29-18(33(22)15-5-3-4-13(24)8-15)10-27-19(34)11-36-17-7-6-14(25)9-16(17)26/h3-9H,2,10-12H2,1H3,(H,27,34)(H,28,30,35). The zero-order valence-corrected chi connectivity index (χ0v) is 24.9. The number of hydrogen-bond acceptors (Lipinski definition) is 10. The number of ether oxygens (including phenoxy) is 1. The fourth-order valence-corrected chi connectivity index (χ4v) is 6.16. The normalized spacial score (nSPS) is 10.9. The fraction of sp³-hybridized carbons (Fsp3) is 0.217. The van der Waals surface area contributed by atoms with Crippen LogP contribution in [0.1, 0.15) is 12.7 Å². The van der Waals surface area contributed by atoms with Gasteiger partial charge in [0.1, 0.15) is 5.75 Å². The van der Waals surface area contributed by atoms with Crippen molar-refractivity contribution in [1.29, 1.82) is 0 Å². The first kappa shape index (κ1) is 29.4. The second kappa shape index (κ2) is 14.2. The third-order valence-electron chi connectivity index (χ3n) is 4.72. The molecule has 2 amide bonds. The minimum absolute atomic E-state index is 0.0471. The molecule has 0 atom stereocenters. The Morgan fingerprint density at radius 1 is 1.00 bits per heavy atom. The number of nitrogens with zero attached hydrogens (tertiary/aromatic N) is 5. The van der Waals surface area contributed by atoms with Gasteiger partial charge < -0.3 is 10.1 Å². The van der Waals surface area contributed by atoms with Crippen molar-refractivity contribution in [3.63, 3.8) is 0 Å². The summed E-state index contributed by atoms with van der Waals surface area (Å²) in [4.78, 5) is 25.0. The maximum absolute atomic E-state index is 12.5. The highest BCUT2D eigenvalue weighted by Crippen LogP contribution is 2.28. The number of benzene rings is 2. The molecule has 2 aromatic carbocycles. The van der Waals surface area contributed by atoms with Crippen LogP contribution in [0.3, 0.4) is 0 Å². The molecule has 0 bridgehead atoms. The van der Waals surface area contributed by atoms with E-state index in [0.29, 0.717) is 42.6 Å². The molecule has 204 valence electrons. The molecule has 39 heavy (non-hydrogen) atoms. The van der Waals surface area contributed by atoms with Crippen molar-refractivity contribution in [2.24, 2.45) is 0 Å². The van der Waals surface area contributed by atoms with Crippen LogP contribution in [0.15, 0.2) is 52.0 Å². The first-order valence-corrected chi connectivity index (χ1v) is 15.2. The van der Waals surface area contributed by atoms with E-state index < -0.39 is 5.91 Å². The molecule has 10 nitrogen and oxygen atoms in total. The van der Waals surface area contributed by atoms with E-state index in [2.05, 4.69) is 31.0 Å². The van der Waals surface area contributed by atoms with Crippen molar-refractivity contribution >= 4 is 86.6 Å². The molecule has 16 heteroatoms. The van der Waals surface area contributed by atoms with Gasteiger partial charge in [0.05, 0.1) is 23.0 Å². The highest BCUT2D eigenvalue weighted by molar-refractivity contribution is 8.01. The third kappa shape index (κ3) is 8.47. The zero-order chi connectivity index (χ0) is 27.8. The van der Waals surface area contributed by atoms with Gasteiger partial charge in [0.25, 0.3) is 5.91 Å². The Kier molecular flexibility index (Phi) is 10.7. The summed E-state index contributed by atoms with van der Waals surface area (Å²) < 4.78 is 8.00. The van der Waals surface area contributed by atoms with Gasteiger partial charge in [-0.1, -0.05) is 82.7 Å². The largest absolute Gasteiger partial charge is 0.482 e. The monoisotopic (exact) mass is 643 g/mol. The highest BCUT2D eigenvalue weighted by Gasteiger charge is 2.18. The van der Waals surface area contributed by atoms with E-state index in [-0.39, 0.29) is 24.8 Å².